The van der Waals surface area contributed by atoms with Crippen LogP contribution in [0.4, 0.5) is 0 Å². The lowest BCUT2D eigenvalue weighted by Gasteiger charge is -2.22. The summed E-state index contributed by atoms with van der Waals surface area (Å²) in [5.74, 6) is 0.691. The Hall–Kier alpha value is -2.09. The molecule has 0 fully saturated rings. The summed E-state index contributed by atoms with van der Waals surface area (Å²) < 4.78 is 27.0. The van der Waals surface area contributed by atoms with Gasteiger partial charge in [-0.2, -0.15) is 0 Å². The molecule has 2 aromatic carbocycles. The third kappa shape index (κ3) is 6.01. The first-order valence-corrected chi connectivity index (χ1v) is 9.99. The Labute approximate surface area is 159 Å². The fraction of sp³-hybridized carbons (Fsp3) is 0.278. The van der Waals surface area contributed by atoms with Crippen LogP contribution in [0.1, 0.15) is 5.56 Å². The van der Waals surface area contributed by atoms with E-state index in [1.54, 1.807) is 19.2 Å². The summed E-state index contributed by atoms with van der Waals surface area (Å²) in [5.41, 5.74) is 1.17. The number of rotatable bonds is 7. The fourth-order valence-corrected chi connectivity index (χ4v) is 3.73. The van der Waals surface area contributed by atoms with E-state index in [0.29, 0.717) is 24.1 Å². The summed E-state index contributed by atoms with van der Waals surface area (Å²) in [7, 11) is 0.0393. The number of benzene rings is 2. The largest absolute Gasteiger partial charge is 0.355 e. The second-order valence-corrected chi connectivity index (χ2v) is 7.87. The van der Waals surface area contributed by atoms with Gasteiger partial charge >= 0.3 is 0 Å². The summed E-state index contributed by atoms with van der Waals surface area (Å²) in [5, 5.41) is 3.53. The monoisotopic (exact) mass is 394 g/mol. The van der Waals surface area contributed by atoms with Gasteiger partial charge in [0.25, 0.3) is 0 Å². The summed E-state index contributed by atoms with van der Waals surface area (Å²) in [6, 6.07) is 16.2. The zero-order valence-electron chi connectivity index (χ0n) is 14.8. The third-order valence-corrected chi connectivity index (χ3v) is 5.34. The normalized spacial score (nSPS) is 12.0. The van der Waals surface area contributed by atoms with E-state index in [4.69, 9.17) is 11.6 Å². The predicted octanol–water partition coefficient (Wildman–Crippen LogP) is 2.33. The Morgan fingerprint density at radius 1 is 1.12 bits per heavy atom. The predicted molar refractivity (Wildman–Crippen MR) is 106 cm³/mol. The molecule has 0 atom stereocenters. The zero-order valence-corrected chi connectivity index (χ0v) is 16.4. The van der Waals surface area contributed by atoms with Crippen molar-refractivity contribution in [1.29, 1.82) is 0 Å². The van der Waals surface area contributed by atoms with Crippen LogP contribution in [0.5, 0.6) is 0 Å². The maximum absolute atomic E-state index is 12.2. The van der Waals surface area contributed by atoms with Crippen molar-refractivity contribution in [2.24, 2.45) is 4.99 Å². The molecule has 8 heteroatoms. The highest BCUT2D eigenvalue weighted by atomic mass is 35.5. The van der Waals surface area contributed by atoms with Gasteiger partial charge < -0.3 is 10.2 Å². The van der Waals surface area contributed by atoms with Gasteiger partial charge in [0, 0.05) is 38.8 Å². The second-order valence-electron chi connectivity index (χ2n) is 5.67. The summed E-state index contributed by atoms with van der Waals surface area (Å²) >= 11 is 5.85. The van der Waals surface area contributed by atoms with E-state index in [0.717, 1.165) is 0 Å². The minimum absolute atomic E-state index is 0.149. The Morgan fingerprint density at radius 2 is 1.85 bits per heavy atom. The van der Waals surface area contributed by atoms with Gasteiger partial charge in [0.2, 0.25) is 10.0 Å². The van der Waals surface area contributed by atoms with Gasteiger partial charge in [0.1, 0.15) is 0 Å². The van der Waals surface area contributed by atoms with Crippen LogP contribution in [0.15, 0.2) is 64.5 Å². The first kappa shape index (κ1) is 20.2. The summed E-state index contributed by atoms with van der Waals surface area (Å²) in [4.78, 5) is 6.35. The smallest absolute Gasteiger partial charge is 0.240 e. The lowest BCUT2D eigenvalue weighted by atomic mass is 10.2. The highest BCUT2D eigenvalue weighted by Crippen LogP contribution is 2.14. The lowest BCUT2D eigenvalue weighted by molar-refractivity contribution is 0.477. The fourth-order valence-electron chi connectivity index (χ4n) is 2.39. The Bertz CT molecular complexity index is 841. The van der Waals surface area contributed by atoms with Gasteiger partial charge in [-0.3, -0.25) is 4.99 Å². The van der Waals surface area contributed by atoms with Crippen LogP contribution in [-0.2, 0) is 16.6 Å². The number of nitrogens with one attached hydrogen (secondary N) is 2. The first-order chi connectivity index (χ1) is 12.4. The maximum atomic E-state index is 12.2. The van der Waals surface area contributed by atoms with Crippen molar-refractivity contribution >= 4 is 27.6 Å². The van der Waals surface area contributed by atoms with Gasteiger partial charge in [-0.05, 0) is 23.8 Å². The molecule has 2 N–H and O–H groups in total. The van der Waals surface area contributed by atoms with Crippen molar-refractivity contribution in [2.75, 3.05) is 27.2 Å². The quantitative estimate of drug-likeness (QED) is 0.429. The van der Waals surface area contributed by atoms with Gasteiger partial charge in [-0.1, -0.05) is 48.0 Å². The molecule has 6 nitrogen and oxygen atoms in total. The Balaban J connectivity index is 1.84. The molecular formula is C18H23ClN4O2S. The number of halogens is 1. The highest BCUT2D eigenvalue weighted by Gasteiger charge is 2.13. The number of aliphatic imine (C=N–C) groups is 1. The zero-order chi connectivity index (χ0) is 19.0. The molecule has 0 unspecified atom stereocenters. The van der Waals surface area contributed by atoms with Crippen molar-refractivity contribution in [1.82, 2.24) is 14.9 Å². The van der Waals surface area contributed by atoms with Gasteiger partial charge in [0.05, 0.1) is 4.90 Å². The number of guanidine groups is 1. The van der Waals surface area contributed by atoms with E-state index in [-0.39, 0.29) is 11.4 Å². The molecular weight excluding hydrogens is 372 g/mol. The van der Waals surface area contributed by atoms with Crippen molar-refractivity contribution in [3.8, 4) is 0 Å². The van der Waals surface area contributed by atoms with E-state index < -0.39 is 10.0 Å². The minimum Gasteiger partial charge on any atom is -0.355 e. The molecule has 2 rings (SSSR count). The number of sulfonamides is 1. The Morgan fingerprint density at radius 3 is 2.50 bits per heavy atom. The summed E-state index contributed by atoms with van der Waals surface area (Å²) in [6.07, 6.45) is 0. The molecule has 0 heterocycles. The van der Waals surface area contributed by atoms with E-state index in [2.05, 4.69) is 15.0 Å². The van der Waals surface area contributed by atoms with Crippen LogP contribution in [0.2, 0.25) is 5.02 Å². The second kappa shape index (κ2) is 9.56. The standard InChI is InChI=1S/C18H23ClN4O2S/c1-20-18(23(2)14-15-7-4-3-5-8-15)21-11-12-22-26(24,25)17-10-6-9-16(19)13-17/h3-10,13,22H,11-12,14H2,1-2H3,(H,20,21). The van der Waals surface area contributed by atoms with Crippen molar-refractivity contribution < 1.29 is 8.42 Å². The van der Waals surface area contributed by atoms with Crippen LogP contribution >= 0.6 is 11.6 Å². The van der Waals surface area contributed by atoms with E-state index in [9.17, 15) is 8.42 Å². The average molecular weight is 395 g/mol. The third-order valence-electron chi connectivity index (χ3n) is 3.64. The van der Waals surface area contributed by atoms with Crippen LogP contribution in [0.3, 0.4) is 0 Å². The molecule has 0 amide bonds. The number of nitrogens with zero attached hydrogens (tertiary/aromatic N) is 2. The molecule has 0 aliphatic rings. The van der Waals surface area contributed by atoms with Gasteiger partial charge in [-0.15, -0.1) is 0 Å². The number of hydrogen-bond acceptors (Lipinski definition) is 3. The van der Waals surface area contributed by atoms with E-state index >= 15 is 0 Å². The van der Waals surface area contributed by atoms with Crippen LogP contribution < -0.4 is 10.0 Å². The van der Waals surface area contributed by atoms with Crippen LogP contribution in [0, 0.1) is 0 Å². The minimum atomic E-state index is -3.58. The molecule has 0 aromatic heterocycles. The molecule has 2 aromatic rings. The molecule has 0 bridgehead atoms. The SMILES string of the molecule is CN=C(NCCNS(=O)(=O)c1cccc(Cl)c1)N(C)Cc1ccccc1. The van der Waals surface area contributed by atoms with Crippen molar-refractivity contribution in [2.45, 2.75) is 11.4 Å². The van der Waals surface area contributed by atoms with Gasteiger partial charge in [0.15, 0.2) is 5.96 Å². The highest BCUT2D eigenvalue weighted by molar-refractivity contribution is 7.89. The molecule has 0 spiro atoms. The van der Waals surface area contributed by atoms with Gasteiger partial charge in [-0.25, -0.2) is 13.1 Å². The lowest BCUT2D eigenvalue weighted by Crippen LogP contribution is -2.42. The van der Waals surface area contributed by atoms with E-state index in [1.807, 2.05) is 42.3 Å². The molecule has 0 saturated carbocycles. The molecule has 0 saturated heterocycles. The molecule has 26 heavy (non-hydrogen) atoms. The molecule has 0 aliphatic carbocycles. The maximum Gasteiger partial charge on any atom is 0.240 e. The van der Waals surface area contributed by atoms with E-state index in [1.165, 1.54) is 17.7 Å². The summed E-state index contributed by atoms with van der Waals surface area (Å²) in [6.45, 7) is 1.34. The van der Waals surface area contributed by atoms with Crippen molar-refractivity contribution in [3.05, 3.63) is 65.2 Å². The van der Waals surface area contributed by atoms with Crippen molar-refractivity contribution in [3.63, 3.8) is 0 Å². The molecule has 0 radical (unpaired) electrons. The average Bonchev–Trinajstić information content (AvgIpc) is 2.62. The van der Waals surface area contributed by atoms with Crippen LogP contribution in [-0.4, -0.2) is 46.5 Å². The topological polar surface area (TPSA) is 73.8 Å². The van der Waals surface area contributed by atoms with Crippen LogP contribution in [0.25, 0.3) is 0 Å². The molecule has 140 valence electrons. The first-order valence-electron chi connectivity index (χ1n) is 8.13. The number of hydrogen-bond donors (Lipinski definition) is 2. The molecule has 0 aliphatic heterocycles. The Kier molecular flexibility index (Phi) is 7.44.